The van der Waals surface area contributed by atoms with Gasteiger partial charge in [-0.15, -0.1) is 0 Å². The molecule has 0 amide bonds. The number of nitrogens with two attached hydrogens (primary N) is 1. The quantitative estimate of drug-likeness (QED) is 0.624. The smallest absolute Gasteiger partial charge is 0.338 e. The molecule has 1 aliphatic heterocycles. The van der Waals surface area contributed by atoms with Crippen LogP contribution in [0, 0.1) is 0 Å². The van der Waals surface area contributed by atoms with Gasteiger partial charge in [-0.25, -0.2) is 4.79 Å². The Hall–Kier alpha value is -0.610. The van der Waals surface area contributed by atoms with Gasteiger partial charge in [0.25, 0.3) is 0 Å². The molecular formula is C9H15NO3. The van der Waals surface area contributed by atoms with E-state index in [1.54, 1.807) is 6.92 Å². The van der Waals surface area contributed by atoms with E-state index < -0.39 is 5.60 Å². The first-order valence-electron chi connectivity index (χ1n) is 4.70. The summed E-state index contributed by atoms with van der Waals surface area (Å²) in [5.74, 6) is -0.236. The van der Waals surface area contributed by atoms with Crippen LogP contribution in [0.25, 0.3) is 0 Å². The van der Waals surface area contributed by atoms with E-state index in [0.717, 1.165) is 6.42 Å². The zero-order chi connectivity index (χ0) is 9.53. The summed E-state index contributed by atoms with van der Waals surface area (Å²) >= 11 is 0. The Kier molecular flexibility index (Phi) is 1.85. The molecule has 4 nitrogen and oxygen atoms in total. The van der Waals surface area contributed by atoms with Crippen LogP contribution in [0.1, 0.15) is 26.2 Å². The monoisotopic (exact) mass is 185 g/mol. The third kappa shape index (κ3) is 1.25. The van der Waals surface area contributed by atoms with Crippen molar-refractivity contribution in [2.75, 3.05) is 13.2 Å². The second-order valence-electron chi connectivity index (χ2n) is 4.04. The molecule has 0 aromatic rings. The highest BCUT2D eigenvalue weighted by molar-refractivity contribution is 5.81. The van der Waals surface area contributed by atoms with Crippen LogP contribution in [-0.2, 0) is 14.3 Å². The molecule has 0 spiro atoms. The second-order valence-corrected chi connectivity index (χ2v) is 4.04. The molecular weight excluding hydrogens is 170 g/mol. The van der Waals surface area contributed by atoms with Gasteiger partial charge >= 0.3 is 5.97 Å². The van der Waals surface area contributed by atoms with E-state index in [4.69, 9.17) is 15.2 Å². The lowest BCUT2D eigenvalue weighted by atomic mass is 10.0. The van der Waals surface area contributed by atoms with Crippen molar-refractivity contribution >= 4 is 5.97 Å². The van der Waals surface area contributed by atoms with Crippen LogP contribution in [0.15, 0.2) is 0 Å². The summed E-state index contributed by atoms with van der Waals surface area (Å²) in [5, 5.41) is 0. The minimum Gasteiger partial charge on any atom is -0.464 e. The van der Waals surface area contributed by atoms with Gasteiger partial charge in [-0.1, -0.05) is 0 Å². The van der Waals surface area contributed by atoms with Gasteiger partial charge in [0.1, 0.15) is 0 Å². The van der Waals surface area contributed by atoms with Crippen molar-refractivity contribution in [1.82, 2.24) is 0 Å². The Morgan fingerprint density at radius 1 is 1.62 bits per heavy atom. The first kappa shape index (κ1) is 8.97. The molecule has 13 heavy (non-hydrogen) atoms. The summed E-state index contributed by atoms with van der Waals surface area (Å²) in [6.45, 7) is 2.70. The second kappa shape index (κ2) is 2.69. The highest BCUT2D eigenvalue weighted by Gasteiger charge is 2.59. The number of carbonyl (C=O) groups is 1. The van der Waals surface area contributed by atoms with Crippen molar-refractivity contribution in [3.05, 3.63) is 0 Å². The van der Waals surface area contributed by atoms with E-state index in [1.807, 2.05) is 0 Å². The van der Waals surface area contributed by atoms with Crippen LogP contribution in [0.4, 0.5) is 0 Å². The highest BCUT2D eigenvalue weighted by Crippen LogP contribution is 2.46. The Morgan fingerprint density at radius 2 is 2.38 bits per heavy atom. The van der Waals surface area contributed by atoms with Gasteiger partial charge in [0.15, 0.2) is 5.60 Å². The molecule has 4 heteroatoms. The van der Waals surface area contributed by atoms with Crippen molar-refractivity contribution in [2.24, 2.45) is 5.73 Å². The topological polar surface area (TPSA) is 61.5 Å². The summed E-state index contributed by atoms with van der Waals surface area (Å²) < 4.78 is 10.4. The molecule has 2 fully saturated rings. The maximum Gasteiger partial charge on any atom is 0.338 e. The average Bonchev–Trinajstić information content (AvgIpc) is 2.59. The van der Waals surface area contributed by atoms with Crippen LogP contribution < -0.4 is 5.73 Å². The molecule has 0 aromatic carbocycles. The molecule has 1 aliphatic carbocycles. The van der Waals surface area contributed by atoms with Crippen molar-refractivity contribution in [3.63, 3.8) is 0 Å². The Morgan fingerprint density at radius 3 is 2.77 bits per heavy atom. The van der Waals surface area contributed by atoms with Gasteiger partial charge in [-0.05, 0) is 19.8 Å². The zero-order valence-corrected chi connectivity index (χ0v) is 7.84. The molecule has 0 aromatic heterocycles. The summed E-state index contributed by atoms with van der Waals surface area (Å²) in [7, 11) is 0. The Bertz CT molecular complexity index is 231. The molecule has 2 unspecified atom stereocenters. The van der Waals surface area contributed by atoms with Crippen LogP contribution in [-0.4, -0.2) is 30.3 Å². The van der Waals surface area contributed by atoms with Gasteiger partial charge < -0.3 is 15.2 Å². The molecule has 74 valence electrons. The van der Waals surface area contributed by atoms with Gasteiger partial charge in [0, 0.05) is 12.0 Å². The predicted octanol–water partition coefficient (Wildman–Crippen LogP) is 0.200. The highest BCUT2D eigenvalue weighted by atomic mass is 16.6. The fourth-order valence-corrected chi connectivity index (χ4v) is 2.22. The van der Waals surface area contributed by atoms with Crippen molar-refractivity contribution < 1.29 is 14.3 Å². The molecule has 2 N–H and O–H groups in total. The minimum atomic E-state index is -0.704. The average molecular weight is 185 g/mol. The Labute approximate surface area is 77.4 Å². The summed E-state index contributed by atoms with van der Waals surface area (Å²) in [6.07, 6.45) is 2.20. The predicted molar refractivity (Wildman–Crippen MR) is 46.1 cm³/mol. The maximum absolute atomic E-state index is 11.6. The summed E-state index contributed by atoms with van der Waals surface area (Å²) in [4.78, 5) is 11.6. The molecule has 1 heterocycles. The minimum absolute atomic E-state index is 0.236. The summed E-state index contributed by atoms with van der Waals surface area (Å²) in [5.41, 5.74) is 5.01. The summed E-state index contributed by atoms with van der Waals surface area (Å²) in [6, 6.07) is 0. The normalized spacial score (nSPS) is 42.3. The molecule has 2 bridgehead atoms. The molecule has 0 radical (unpaired) electrons. The lowest BCUT2D eigenvalue weighted by molar-refractivity contribution is -0.167. The number of fused-ring (bicyclic) bond motifs is 2. The van der Waals surface area contributed by atoms with E-state index >= 15 is 0 Å². The van der Waals surface area contributed by atoms with Crippen LogP contribution in [0.5, 0.6) is 0 Å². The van der Waals surface area contributed by atoms with E-state index in [1.165, 1.54) is 0 Å². The van der Waals surface area contributed by atoms with E-state index in [2.05, 4.69) is 0 Å². The van der Waals surface area contributed by atoms with Crippen LogP contribution in [0.3, 0.4) is 0 Å². The lowest BCUT2D eigenvalue weighted by Gasteiger charge is -2.24. The van der Waals surface area contributed by atoms with Gasteiger partial charge in [-0.2, -0.15) is 0 Å². The lowest BCUT2D eigenvalue weighted by Crippen LogP contribution is -2.39. The van der Waals surface area contributed by atoms with Crippen molar-refractivity contribution in [2.45, 2.75) is 37.3 Å². The largest absolute Gasteiger partial charge is 0.464 e. The van der Waals surface area contributed by atoms with Gasteiger partial charge in [0.05, 0.1) is 13.2 Å². The van der Waals surface area contributed by atoms with Crippen LogP contribution in [0.2, 0.25) is 0 Å². The fourth-order valence-electron chi connectivity index (χ4n) is 2.22. The van der Waals surface area contributed by atoms with E-state index in [0.29, 0.717) is 26.1 Å². The van der Waals surface area contributed by atoms with E-state index in [-0.39, 0.29) is 11.5 Å². The van der Waals surface area contributed by atoms with Gasteiger partial charge in [-0.3, -0.25) is 0 Å². The molecule has 1 saturated heterocycles. The fraction of sp³-hybridized carbons (Fsp3) is 0.889. The number of esters is 1. The molecule has 1 saturated carbocycles. The van der Waals surface area contributed by atoms with E-state index in [9.17, 15) is 4.79 Å². The zero-order valence-electron chi connectivity index (χ0n) is 7.84. The van der Waals surface area contributed by atoms with Crippen molar-refractivity contribution in [3.8, 4) is 0 Å². The number of hydrogen-bond donors (Lipinski definition) is 1. The van der Waals surface area contributed by atoms with Crippen LogP contribution >= 0.6 is 0 Å². The van der Waals surface area contributed by atoms with Crippen molar-refractivity contribution in [1.29, 1.82) is 0 Å². The SMILES string of the molecule is CCOC(=O)C12CCC(N)(CO1)C2. The first-order chi connectivity index (χ1) is 6.10. The third-order valence-corrected chi connectivity index (χ3v) is 2.95. The number of carbonyl (C=O) groups excluding carboxylic acids is 1. The van der Waals surface area contributed by atoms with Gasteiger partial charge in [0.2, 0.25) is 0 Å². The molecule has 2 atom stereocenters. The Balaban J connectivity index is 2.11. The third-order valence-electron chi connectivity index (χ3n) is 2.95. The number of ether oxygens (including phenoxy) is 2. The maximum atomic E-state index is 11.6. The molecule has 2 rings (SSSR count). The first-order valence-corrected chi connectivity index (χ1v) is 4.70. The molecule has 2 aliphatic rings. The number of hydrogen-bond acceptors (Lipinski definition) is 4. The standard InChI is InChI=1S/C9H15NO3/c1-2-12-7(11)9-4-3-8(10,5-9)6-13-9/h2-6,10H2,1H3. The number of rotatable bonds is 2.